The van der Waals surface area contributed by atoms with Gasteiger partial charge in [0.15, 0.2) is 0 Å². The number of aromatic carboxylic acids is 1. The Morgan fingerprint density at radius 1 is 1.39 bits per heavy atom. The van der Waals surface area contributed by atoms with Gasteiger partial charge in [0.05, 0.1) is 22.0 Å². The molecule has 0 spiro atoms. The Labute approximate surface area is 110 Å². The zero-order valence-corrected chi connectivity index (χ0v) is 10.8. The van der Waals surface area contributed by atoms with Gasteiger partial charge < -0.3 is 5.11 Å². The summed E-state index contributed by atoms with van der Waals surface area (Å²) < 4.78 is 1.69. The molecule has 0 aliphatic heterocycles. The second-order valence-electron chi connectivity index (χ2n) is 4.31. The Morgan fingerprint density at radius 2 is 2.11 bits per heavy atom. The minimum Gasteiger partial charge on any atom is -0.478 e. The van der Waals surface area contributed by atoms with E-state index in [1.54, 1.807) is 16.8 Å². The lowest BCUT2D eigenvalue weighted by Crippen LogP contribution is -2.01. The summed E-state index contributed by atoms with van der Waals surface area (Å²) >= 11 is 5.92. The molecule has 0 unspecified atom stereocenters. The first kappa shape index (κ1) is 12.6. The topological polar surface area (TPSA) is 55.1 Å². The van der Waals surface area contributed by atoms with Crippen LogP contribution in [0.15, 0.2) is 30.5 Å². The van der Waals surface area contributed by atoms with Crippen molar-refractivity contribution in [3.63, 3.8) is 0 Å². The highest BCUT2D eigenvalue weighted by molar-refractivity contribution is 6.33. The Kier molecular flexibility index (Phi) is 3.39. The van der Waals surface area contributed by atoms with Crippen LogP contribution in [0.25, 0.3) is 5.69 Å². The molecule has 0 amide bonds. The van der Waals surface area contributed by atoms with E-state index in [-0.39, 0.29) is 10.6 Å². The third kappa shape index (κ3) is 2.38. The number of hydrogen-bond donors (Lipinski definition) is 1. The van der Waals surface area contributed by atoms with Crippen LogP contribution < -0.4 is 0 Å². The van der Waals surface area contributed by atoms with Crippen molar-refractivity contribution in [3.8, 4) is 5.69 Å². The van der Waals surface area contributed by atoms with Crippen LogP contribution in [0.2, 0.25) is 5.02 Å². The molecule has 0 radical (unpaired) electrons. The predicted molar refractivity (Wildman–Crippen MR) is 69.6 cm³/mol. The van der Waals surface area contributed by atoms with Gasteiger partial charge in [0.1, 0.15) is 0 Å². The number of aromatic nitrogens is 2. The van der Waals surface area contributed by atoms with Crippen molar-refractivity contribution < 1.29 is 9.90 Å². The quantitative estimate of drug-likeness (QED) is 0.925. The zero-order chi connectivity index (χ0) is 13.3. The molecule has 2 rings (SSSR count). The van der Waals surface area contributed by atoms with Gasteiger partial charge in [-0.05, 0) is 30.2 Å². The van der Waals surface area contributed by atoms with Crippen molar-refractivity contribution in [1.29, 1.82) is 0 Å². The second kappa shape index (κ2) is 4.82. The van der Waals surface area contributed by atoms with Crippen LogP contribution in [0.1, 0.15) is 35.8 Å². The van der Waals surface area contributed by atoms with Crippen molar-refractivity contribution in [2.45, 2.75) is 19.8 Å². The van der Waals surface area contributed by atoms with E-state index in [1.165, 1.54) is 6.07 Å². The summed E-state index contributed by atoms with van der Waals surface area (Å²) in [5.41, 5.74) is 1.82. The zero-order valence-electron chi connectivity index (χ0n) is 10.1. The van der Waals surface area contributed by atoms with Crippen LogP contribution in [-0.4, -0.2) is 20.9 Å². The Bertz CT molecular complexity index is 590. The molecule has 1 aromatic carbocycles. The van der Waals surface area contributed by atoms with Crippen LogP contribution in [0.5, 0.6) is 0 Å². The average Bonchev–Trinajstić information content (AvgIpc) is 2.77. The largest absolute Gasteiger partial charge is 0.478 e. The van der Waals surface area contributed by atoms with Gasteiger partial charge in [0.2, 0.25) is 0 Å². The number of carboxylic acids is 1. The molecular weight excluding hydrogens is 252 g/mol. The van der Waals surface area contributed by atoms with Crippen LogP contribution in [0.4, 0.5) is 0 Å². The molecule has 0 bridgehead atoms. The molecule has 1 heterocycles. The summed E-state index contributed by atoms with van der Waals surface area (Å²) in [7, 11) is 0. The average molecular weight is 265 g/mol. The molecule has 1 N–H and O–H groups in total. The maximum atomic E-state index is 10.9. The molecular formula is C13H13ClN2O2. The Morgan fingerprint density at radius 3 is 2.61 bits per heavy atom. The van der Waals surface area contributed by atoms with Gasteiger partial charge in [0, 0.05) is 6.20 Å². The van der Waals surface area contributed by atoms with Crippen molar-refractivity contribution in [2.24, 2.45) is 0 Å². The number of carboxylic acid groups (broad SMARTS) is 1. The van der Waals surface area contributed by atoms with Crippen LogP contribution in [-0.2, 0) is 0 Å². The predicted octanol–water partition coefficient (Wildman–Crippen LogP) is 3.35. The molecule has 0 aliphatic rings. The third-order valence-corrected chi connectivity index (χ3v) is 2.96. The maximum Gasteiger partial charge on any atom is 0.337 e. The fourth-order valence-corrected chi connectivity index (χ4v) is 1.87. The number of benzene rings is 1. The molecule has 0 saturated carbocycles. The summed E-state index contributed by atoms with van der Waals surface area (Å²) in [4.78, 5) is 10.9. The van der Waals surface area contributed by atoms with Crippen LogP contribution in [0.3, 0.4) is 0 Å². The minimum atomic E-state index is -1.03. The lowest BCUT2D eigenvalue weighted by molar-refractivity contribution is 0.0697. The van der Waals surface area contributed by atoms with Gasteiger partial charge in [-0.3, -0.25) is 0 Å². The summed E-state index contributed by atoms with van der Waals surface area (Å²) in [5, 5.41) is 13.5. The van der Waals surface area contributed by atoms with E-state index in [0.29, 0.717) is 5.92 Å². The monoisotopic (exact) mass is 264 g/mol. The first-order chi connectivity index (χ1) is 8.49. The summed E-state index contributed by atoms with van der Waals surface area (Å²) in [5.74, 6) is -0.685. The van der Waals surface area contributed by atoms with Gasteiger partial charge in [-0.2, -0.15) is 5.10 Å². The number of halogens is 1. The van der Waals surface area contributed by atoms with E-state index in [4.69, 9.17) is 16.7 Å². The van der Waals surface area contributed by atoms with E-state index < -0.39 is 5.97 Å². The van der Waals surface area contributed by atoms with Crippen LogP contribution >= 0.6 is 11.6 Å². The van der Waals surface area contributed by atoms with Gasteiger partial charge in [-0.15, -0.1) is 0 Å². The Hall–Kier alpha value is -1.81. The molecule has 0 saturated heterocycles. The van der Waals surface area contributed by atoms with Gasteiger partial charge in [-0.25, -0.2) is 9.48 Å². The number of carbonyl (C=O) groups is 1. The van der Waals surface area contributed by atoms with E-state index in [9.17, 15) is 4.79 Å². The molecule has 0 aliphatic carbocycles. The van der Waals surface area contributed by atoms with Crippen LogP contribution in [0, 0.1) is 0 Å². The SMILES string of the molecule is CC(C)c1ccn(-c2ccc(C(=O)O)c(Cl)c2)n1. The van der Waals surface area contributed by atoms with Crippen molar-refractivity contribution in [2.75, 3.05) is 0 Å². The van der Waals surface area contributed by atoms with E-state index >= 15 is 0 Å². The highest BCUT2D eigenvalue weighted by Gasteiger charge is 2.10. The number of nitrogens with zero attached hydrogens (tertiary/aromatic N) is 2. The summed E-state index contributed by atoms with van der Waals surface area (Å²) in [6.45, 7) is 4.13. The van der Waals surface area contributed by atoms with Crippen molar-refractivity contribution in [3.05, 3.63) is 46.7 Å². The van der Waals surface area contributed by atoms with Crippen molar-refractivity contribution in [1.82, 2.24) is 9.78 Å². The van der Waals surface area contributed by atoms with Crippen molar-refractivity contribution >= 4 is 17.6 Å². The third-order valence-electron chi connectivity index (χ3n) is 2.65. The second-order valence-corrected chi connectivity index (χ2v) is 4.72. The Balaban J connectivity index is 2.39. The highest BCUT2D eigenvalue weighted by Crippen LogP contribution is 2.21. The van der Waals surface area contributed by atoms with E-state index in [1.807, 2.05) is 12.3 Å². The molecule has 2 aromatic rings. The fourth-order valence-electron chi connectivity index (χ4n) is 1.61. The first-order valence-electron chi connectivity index (χ1n) is 5.58. The molecule has 5 heteroatoms. The van der Waals surface area contributed by atoms with Gasteiger partial charge in [0.25, 0.3) is 0 Å². The normalized spacial score (nSPS) is 10.9. The maximum absolute atomic E-state index is 10.9. The number of rotatable bonds is 3. The lowest BCUT2D eigenvalue weighted by atomic mass is 10.1. The molecule has 1 aromatic heterocycles. The van der Waals surface area contributed by atoms with E-state index in [0.717, 1.165) is 11.4 Å². The lowest BCUT2D eigenvalue weighted by Gasteiger charge is -2.05. The molecule has 4 nitrogen and oxygen atoms in total. The summed E-state index contributed by atoms with van der Waals surface area (Å²) in [6.07, 6.45) is 1.83. The first-order valence-corrected chi connectivity index (χ1v) is 5.95. The highest BCUT2D eigenvalue weighted by atomic mass is 35.5. The molecule has 94 valence electrons. The molecule has 0 atom stereocenters. The van der Waals surface area contributed by atoms with Gasteiger partial charge >= 0.3 is 5.97 Å². The van der Waals surface area contributed by atoms with E-state index in [2.05, 4.69) is 18.9 Å². The molecule has 0 fully saturated rings. The van der Waals surface area contributed by atoms with Gasteiger partial charge in [-0.1, -0.05) is 25.4 Å². The number of hydrogen-bond acceptors (Lipinski definition) is 2. The molecule has 18 heavy (non-hydrogen) atoms. The summed E-state index contributed by atoms with van der Waals surface area (Å²) in [6, 6.07) is 6.70. The smallest absolute Gasteiger partial charge is 0.337 e. The minimum absolute atomic E-state index is 0.0941. The fraction of sp³-hybridized carbons (Fsp3) is 0.231. The standard InChI is InChI=1S/C13H13ClN2O2/c1-8(2)12-5-6-16(15-12)9-3-4-10(13(17)18)11(14)7-9/h3-8H,1-2H3,(H,17,18).